The highest BCUT2D eigenvalue weighted by Gasteiger charge is 2.18. The van der Waals surface area contributed by atoms with Crippen molar-refractivity contribution in [2.24, 2.45) is 11.8 Å². The molecule has 0 aromatic heterocycles. The summed E-state index contributed by atoms with van der Waals surface area (Å²) in [6, 6.07) is 0.732. The number of hydrogen-bond donors (Lipinski definition) is 1. The third-order valence-corrected chi connectivity index (χ3v) is 3.54. The van der Waals surface area contributed by atoms with Gasteiger partial charge in [0.25, 0.3) is 0 Å². The van der Waals surface area contributed by atoms with Gasteiger partial charge in [-0.3, -0.25) is 0 Å². The summed E-state index contributed by atoms with van der Waals surface area (Å²) in [5, 5.41) is 3.64. The second-order valence-electron chi connectivity index (χ2n) is 5.52. The second-order valence-corrected chi connectivity index (χ2v) is 5.52. The topological polar surface area (TPSA) is 21.3 Å². The van der Waals surface area contributed by atoms with Gasteiger partial charge >= 0.3 is 0 Å². The monoisotopic (exact) mass is 227 g/mol. The zero-order valence-corrected chi connectivity index (χ0v) is 11.3. The minimum Gasteiger partial charge on any atom is -0.381 e. The Hall–Kier alpha value is -0.0800. The molecule has 0 amide bonds. The highest BCUT2D eigenvalue weighted by atomic mass is 16.5. The van der Waals surface area contributed by atoms with Gasteiger partial charge in [0.05, 0.1) is 0 Å². The largest absolute Gasteiger partial charge is 0.381 e. The fourth-order valence-corrected chi connectivity index (χ4v) is 2.51. The summed E-state index contributed by atoms with van der Waals surface area (Å²) in [4.78, 5) is 0. The zero-order chi connectivity index (χ0) is 11.8. The highest BCUT2D eigenvalue weighted by molar-refractivity contribution is 4.74. The van der Waals surface area contributed by atoms with Gasteiger partial charge in [-0.25, -0.2) is 0 Å². The molecule has 1 saturated heterocycles. The van der Waals surface area contributed by atoms with Crippen molar-refractivity contribution in [3.63, 3.8) is 0 Å². The van der Waals surface area contributed by atoms with E-state index in [0.717, 1.165) is 37.6 Å². The molecule has 0 spiro atoms. The van der Waals surface area contributed by atoms with Gasteiger partial charge in [0, 0.05) is 19.3 Å². The van der Waals surface area contributed by atoms with Crippen LogP contribution < -0.4 is 5.32 Å². The summed E-state index contributed by atoms with van der Waals surface area (Å²) in [6.45, 7) is 9.91. The Balaban J connectivity index is 2.25. The van der Waals surface area contributed by atoms with E-state index in [9.17, 15) is 0 Å². The number of hydrogen-bond acceptors (Lipinski definition) is 2. The molecule has 1 unspecified atom stereocenters. The predicted octanol–water partition coefficient (Wildman–Crippen LogP) is 3.22. The first-order valence-electron chi connectivity index (χ1n) is 7.03. The van der Waals surface area contributed by atoms with Crippen LogP contribution in [-0.2, 0) is 4.74 Å². The quantitative estimate of drug-likeness (QED) is 0.721. The van der Waals surface area contributed by atoms with Crippen LogP contribution in [0.4, 0.5) is 0 Å². The lowest BCUT2D eigenvalue weighted by Gasteiger charge is -2.27. The summed E-state index contributed by atoms with van der Waals surface area (Å²) in [5.74, 6) is 1.72. The van der Waals surface area contributed by atoms with Crippen molar-refractivity contribution in [3.05, 3.63) is 0 Å². The van der Waals surface area contributed by atoms with E-state index >= 15 is 0 Å². The van der Waals surface area contributed by atoms with E-state index in [1.807, 2.05) is 0 Å². The molecule has 1 aliphatic rings. The fourth-order valence-electron chi connectivity index (χ4n) is 2.51. The van der Waals surface area contributed by atoms with Crippen molar-refractivity contribution in [1.82, 2.24) is 5.32 Å². The number of nitrogens with one attached hydrogen (secondary N) is 1. The van der Waals surface area contributed by atoms with E-state index in [0.29, 0.717) is 0 Å². The lowest BCUT2D eigenvalue weighted by atomic mass is 9.89. The molecule has 0 aromatic rings. The van der Waals surface area contributed by atoms with Crippen molar-refractivity contribution < 1.29 is 4.74 Å². The third kappa shape index (κ3) is 5.86. The normalized spacial score (nSPS) is 20.2. The number of rotatable bonds is 7. The Morgan fingerprint density at radius 2 is 1.88 bits per heavy atom. The minimum atomic E-state index is 0.732. The molecule has 0 aromatic carbocycles. The molecule has 16 heavy (non-hydrogen) atoms. The Morgan fingerprint density at radius 3 is 2.44 bits per heavy atom. The van der Waals surface area contributed by atoms with Crippen LogP contribution in [0, 0.1) is 11.8 Å². The Morgan fingerprint density at radius 1 is 1.19 bits per heavy atom. The summed E-state index contributed by atoms with van der Waals surface area (Å²) < 4.78 is 5.42. The molecule has 1 N–H and O–H groups in total. The van der Waals surface area contributed by atoms with E-state index in [2.05, 4.69) is 26.1 Å². The standard InChI is InChI=1S/C14H29NO/c1-4-15-14(6-5-12(2)3)11-13-7-9-16-10-8-13/h12-15H,4-11H2,1-3H3. The van der Waals surface area contributed by atoms with Gasteiger partial charge in [0.15, 0.2) is 0 Å². The third-order valence-electron chi connectivity index (χ3n) is 3.54. The van der Waals surface area contributed by atoms with Crippen LogP contribution in [0.2, 0.25) is 0 Å². The van der Waals surface area contributed by atoms with Gasteiger partial charge in [-0.1, -0.05) is 20.8 Å². The van der Waals surface area contributed by atoms with Crippen LogP contribution in [0.1, 0.15) is 52.9 Å². The summed E-state index contributed by atoms with van der Waals surface area (Å²) in [7, 11) is 0. The highest BCUT2D eigenvalue weighted by Crippen LogP contribution is 2.22. The Kier molecular flexibility index (Phi) is 7.06. The first-order valence-corrected chi connectivity index (χ1v) is 7.03. The summed E-state index contributed by atoms with van der Waals surface area (Å²) in [6.07, 6.45) is 6.57. The Bertz CT molecular complexity index is 164. The fraction of sp³-hybridized carbons (Fsp3) is 1.00. The van der Waals surface area contributed by atoms with Crippen molar-refractivity contribution >= 4 is 0 Å². The van der Waals surface area contributed by atoms with Crippen LogP contribution in [-0.4, -0.2) is 25.8 Å². The predicted molar refractivity (Wildman–Crippen MR) is 69.7 cm³/mol. The summed E-state index contributed by atoms with van der Waals surface area (Å²) in [5.41, 5.74) is 0. The van der Waals surface area contributed by atoms with Crippen LogP contribution in [0.5, 0.6) is 0 Å². The molecule has 1 rings (SSSR count). The molecule has 0 bridgehead atoms. The molecule has 0 saturated carbocycles. The minimum absolute atomic E-state index is 0.732. The van der Waals surface area contributed by atoms with Gasteiger partial charge in [-0.15, -0.1) is 0 Å². The SMILES string of the molecule is CCNC(CCC(C)C)CC1CCOCC1. The lowest BCUT2D eigenvalue weighted by Crippen LogP contribution is -2.33. The van der Waals surface area contributed by atoms with Gasteiger partial charge in [-0.05, 0) is 50.5 Å². The second kappa shape index (κ2) is 8.08. The van der Waals surface area contributed by atoms with Crippen molar-refractivity contribution in [1.29, 1.82) is 0 Å². The molecule has 1 fully saturated rings. The maximum Gasteiger partial charge on any atom is 0.0468 e. The molecule has 2 heteroatoms. The molecule has 2 nitrogen and oxygen atoms in total. The van der Waals surface area contributed by atoms with Crippen LogP contribution in [0.3, 0.4) is 0 Å². The van der Waals surface area contributed by atoms with E-state index in [1.165, 1.54) is 32.1 Å². The molecule has 1 heterocycles. The smallest absolute Gasteiger partial charge is 0.0468 e. The lowest BCUT2D eigenvalue weighted by molar-refractivity contribution is 0.0601. The van der Waals surface area contributed by atoms with Crippen LogP contribution in [0.15, 0.2) is 0 Å². The molecule has 96 valence electrons. The molecule has 0 aliphatic carbocycles. The molecular formula is C14H29NO. The van der Waals surface area contributed by atoms with Crippen molar-refractivity contribution in [2.75, 3.05) is 19.8 Å². The van der Waals surface area contributed by atoms with E-state index in [-0.39, 0.29) is 0 Å². The molecular weight excluding hydrogens is 198 g/mol. The van der Waals surface area contributed by atoms with Crippen molar-refractivity contribution in [2.45, 2.75) is 58.9 Å². The maximum atomic E-state index is 5.42. The first kappa shape index (κ1) is 14.0. The van der Waals surface area contributed by atoms with Gasteiger partial charge in [0.2, 0.25) is 0 Å². The van der Waals surface area contributed by atoms with E-state index in [1.54, 1.807) is 0 Å². The maximum absolute atomic E-state index is 5.42. The Labute approximate surface area is 101 Å². The average Bonchev–Trinajstić information content (AvgIpc) is 2.27. The zero-order valence-electron chi connectivity index (χ0n) is 11.3. The van der Waals surface area contributed by atoms with Gasteiger partial charge in [0.1, 0.15) is 0 Å². The molecule has 1 atom stereocenters. The number of ether oxygens (including phenoxy) is 1. The van der Waals surface area contributed by atoms with Crippen molar-refractivity contribution in [3.8, 4) is 0 Å². The average molecular weight is 227 g/mol. The van der Waals surface area contributed by atoms with E-state index < -0.39 is 0 Å². The van der Waals surface area contributed by atoms with Crippen LogP contribution >= 0.6 is 0 Å². The molecule has 0 radical (unpaired) electrons. The first-order chi connectivity index (χ1) is 7.72. The van der Waals surface area contributed by atoms with E-state index in [4.69, 9.17) is 4.74 Å². The molecule has 1 aliphatic heterocycles. The van der Waals surface area contributed by atoms with Crippen LogP contribution in [0.25, 0.3) is 0 Å². The van der Waals surface area contributed by atoms with Gasteiger partial charge in [-0.2, -0.15) is 0 Å². The van der Waals surface area contributed by atoms with Gasteiger partial charge < -0.3 is 10.1 Å². The summed E-state index contributed by atoms with van der Waals surface area (Å²) >= 11 is 0.